The van der Waals surface area contributed by atoms with Crippen LogP contribution in [0.3, 0.4) is 0 Å². The summed E-state index contributed by atoms with van der Waals surface area (Å²) >= 11 is 5.31. The monoisotopic (exact) mass is 369 g/mol. The molecule has 0 radical (unpaired) electrons. The second kappa shape index (κ2) is 7.01. The summed E-state index contributed by atoms with van der Waals surface area (Å²) < 4.78 is 13.3. The minimum atomic E-state index is -0.162. The first-order valence-electron chi connectivity index (χ1n) is 7.14. The van der Waals surface area contributed by atoms with Gasteiger partial charge in [-0.25, -0.2) is 9.37 Å². The van der Waals surface area contributed by atoms with Gasteiger partial charge >= 0.3 is 0 Å². The number of nitrogens with zero attached hydrogens (tertiary/aromatic N) is 1. The maximum atomic E-state index is 13.3. The van der Waals surface area contributed by atoms with Crippen LogP contribution in [0.2, 0.25) is 0 Å². The van der Waals surface area contributed by atoms with Crippen molar-refractivity contribution >= 4 is 27.3 Å². The quantitative estimate of drug-likeness (QED) is 0.645. The number of benzene rings is 1. The number of aromatic nitrogens is 1. The van der Waals surface area contributed by atoms with E-state index in [1.807, 2.05) is 6.07 Å². The molecule has 0 saturated carbocycles. The molecule has 21 heavy (non-hydrogen) atoms. The van der Waals surface area contributed by atoms with E-state index in [1.54, 1.807) is 23.5 Å². The lowest BCUT2D eigenvalue weighted by Crippen LogP contribution is -2.13. The zero-order chi connectivity index (χ0) is 15.5. The molecule has 1 unspecified atom stereocenters. The van der Waals surface area contributed by atoms with Crippen LogP contribution in [0.1, 0.15) is 37.0 Å². The molecule has 0 spiro atoms. The molecule has 0 aliphatic carbocycles. The smallest absolute Gasteiger partial charge is 0.123 e. The molecule has 1 heterocycles. The maximum absolute atomic E-state index is 13.3. The van der Waals surface area contributed by atoms with E-state index in [9.17, 15) is 4.39 Å². The fourth-order valence-corrected chi connectivity index (χ4v) is 3.77. The van der Waals surface area contributed by atoms with Gasteiger partial charge in [-0.2, -0.15) is 0 Å². The summed E-state index contributed by atoms with van der Waals surface area (Å²) in [6.07, 6.45) is 1.80. The van der Waals surface area contributed by atoms with E-state index in [2.05, 4.69) is 42.1 Å². The average molecular weight is 370 g/mol. The Labute approximate surface area is 138 Å². The van der Waals surface area contributed by atoms with Crippen LogP contribution in [-0.4, -0.2) is 10.3 Å². The fraction of sp³-hybridized carbons (Fsp3) is 0.471. The van der Waals surface area contributed by atoms with Crippen LogP contribution in [0.25, 0.3) is 0 Å². The summed E-state index contributed by atoms with van der Waals surface area (Å²) in [4.78, 5) is 4.75. The van der Waals surface area contributed by atoms with Crippen LogP contribution in [0.4, 0.5) is 4.39 Å². The Kier molecular flexibility index (Phi) is 5.55. The predicted molar refractivity (Wildman–Crippen MR) is 91.9 cm³/mol. The van der Waals surface area contributed by atoms with Gasteiger partial charge in [0.1, 0.15) is 5.82 Å². The van der Waals surface area contributed by atoms with Gasteiger partial charge in [0.2, 0.25) is 0 Å². The van der Waals surface area contributed by atoms with Crippen molar-refractivity contribution in [3.8, 4) is 0 Å². The molecule has 1 aromatic heterocycles. The minimum absolute atomic E-state index is 0.0984. The molecule has 4 heteroatoms. The van der Waals surface area contributed by atoms with Crippen LogP contribution < -0.4 is 0 Å². The molecule has 2 aromatic rings. The largest absolute Gasteiger partial charge is 0.246 e. The summed E-state index contributed by atoms with van der Waals surface area (Å²) in [6.45, 7) is 6.54. The highest BCUT2D eigenvalue weighted by Crippen LogP contribution is 2.26. The molecule has 0 N–H and O–H groups in total. The minimum Gasteiger partial charge on any atom is -0.246 e. The van der Waals surface area contributed by atoms with Gasteiger partial charge in [-0.05, 0) is 30.0 Å². The third-order valence-electron chi connectivity index (χ3n) is 3.42. The van der Waals surface area contributed by atoms with Crippen molar-refractivity contribution in [1.82, 2.24) is 4.98 Å². The van der Waals surface area contributed by atoms with E-state index in [0.717, 1.165) is 29.4 Å². The van der Waals surface area contributed by atoms with Crippen LogP contribution in [0.15, 0.2) is 29.6 Å². The van der Waals surface area contributed by atoms with Gasteiger partial charge in [0.15, 0.2) is 0 Å². The number of thiazole rings is 1. The van der Waals surface area contributed by atoms with Crippen molar-refractivity contribution in [1.29, 1.82) is 0 Å². The molecule has 0 bridgehead atoms. The van der Waals surface area contributed by atoms with Crippen molar-refractivity contribution in [2.24, 2.45) is 5.92 Å². The standard InChI is InChI=1S/C17H21BrFNS/c1-17(2,3)15-11-21-16(20-15)9-13(10-18)7-12-5-4-6-14(19)8-12/h4-6,8,11,13H,7,9-10H2,1-3H3. The van der Waals surface area contributed by atoms with Crippen molar-refractivity contribution < 1.29 is 4.39 Å². The van der Waals surface area contributed by atoms with Crippen LogP contribution in [0, 0.1) is 11.7 Å². The number of hydrogen-bond acceptors (Lipinski definition) is 2. The molecular formula is C17H21BrFNS. The molecule has 114 valence electrons. The maximum Gasteiger partial charge on any atom is 0.123 e. The Hall–Kier alpha value is -0.740. The molecule has 1 nitrogen and oxygen atoms in total. The highest BCUT2D eigenvalue weighted by Gasteiger charge is 2.19. The predicted octanol–water partition coefficient (Wildman–Crippen LogP) is 5.38. The first-order chi connectivity index (χ1) is 9.88. The van der Waals surface area contributed by atoms with Crippen LogP contribution in [0.5, 0.6) is 0 Å². The third-order valence-corrected chi connectivity index (χ3v) is 5.20. The van der Waals surface area contributed by atoms with Crippen LogP contribution in [-0.2, 0) is 18.3 Å². The van der Waals surface area contributed by atoms with Crippen molar-refractivity contribution in [3.63, 3.8) is 0 Å². The Balaban J connectivity index is 2.04. The van der Waals surface area contributed by atoms with E-state index >= 15 is 0 Å². The topological polar surface area (TPSA) is 12.9 Å². The van der Waals surface area contributed by atoms with E-state index < -0.39 is 0 Å². The highest BCUT2D eigenvalue weighted by molar-refractivity contribution is 9.09. The van der Waals surface area contributed by atoms with Gasteiger partial charge in [-0.15, -0.1) is 11.3 Å². The Morgan fingerprint density at radius 3 is 2.62 bits per heavy atom. The van der Waals surface area contributed by atoms with Crippen molar-refractivity contribution in [2.75, 3.05) is 5.33 Å². The van der Waals surface area contributed by atoms with Gasteiger partial charge in [0, 0.05) is 22.5 Å². The zero-order valence-corrected chi connectivity index (χ0v) is 15.1. The number of alkyl halides is 1. The second-order valence-corrected chi connectivity index (χ2v) is 8.03. The fourth-order valence-electron chi connectivity index (χ4n) is 2.17. The number of halogens is 2. The van der Waals surface area contributed by atoms with Crippen LogP contribution >= 0.6 is 27.3 Å². The summed E-state index contributed by atoms with van der Waals surface area (Å²) in [5.41, 5.74) is 2.30. The normalized spacial score (nSPS) is 13.4. The van der Waals surface area contributed by atoms with E-state index in [1.165, 1.54) is 11.1 Å². The Morgan fingerprint density at radius 2 is 2.05 bits per heavy atom. The first kappa shape index (κ1) is 16.6. The lowest BCUT2D eigenvalue weighted by Gasteiger charge is -2.15. The molecule has 0 aliphatic heterocycles. The molecule has 1 aromatic carbocycles. The van der Waals surface area contributed by atoms with Gasteiger partial charge in [0.25, 0.3) is 0 Å². The van der Waals surface area contributed by atoms with E-state index in [0.29, 0.717) is 5.92 Å². The summed E-state index contributed by atoms with van der Waals surface area (Å²) in [5, 5.41) is 4.22. The second-order valence-electron chi connectivity index (χ2n) is 6.43. The first-order valence-corrected chi connectivity index (χ1v) is 9.14. The van der Waals surface area contributed by atoms with Gasteiger partial charge in [-0.3, -0.25) is 0 Å². The molecular weight excluding hydrogens is 349 g/mol. The van der Waals surface area contributed by atoms with Gasteiger partial charge < -0.3 is 0 Å². The lowest BCUT2D eigenvalue weighted by atomic mass is 9.93. The number of rotatable bonds is 5. The summed E-state index contributed by atoms with van der Waals surface area (Å²) in [5.74, 6) is 0.274. The van der Waals surface area contributed by atoms with Crippen molar-refractivity contribution in [3.05, 3.63) is 51.7 Å². The molecule has 2 rings (SSSR count). The van der Waals surface area contributed by atoms with Gasteiger partial charge in [-0.1, -0.05) is 48.8 Å². The molecule has 1 atom stereocenters. The molecule has 0 amide bonds. The zero-order valence-electron chi connectivity index (χ0n) is 12.7. The molecule has 0 fully saturated rings. The lowest BCUT2D eigenvalue weighted by molar-refractivity contribution is 0.557. The summed E-state index contributed by atoms with van der Waals surface area (Å²) in [6, 6.07) is 6.87. The van der Waals surface area contributed by atoms with Crippen molar-refractivity contribution in [2.45, 2.75) is 39.0 Å². The molecule has 0 aliphatic rings. The third kappa shape index (κ3) is 4.89. The molecule has 0 saturated heterocycles. The highest BCUT2D eigenvalue weighted by atomic mass is 79.9. The summed E-state index contributed by atoms with van der Waals surface area (Å²) in [7, 11) is 0. The van der Waals surface area contributed by atoms with E-state index in [-0.39, 0.29) is 11.2 Å². The Morgan fingerprint density at radius 1 is 1.29 bits per heavy atom. The van der Waals surface area contributed by atoms with E-state index in [4.69, 9.17) is 4.98 Å². The number of hydrogen-bond donors (Lipinski definition) is 0. The average Bonchev–Trinajstić information content (AvgIpc) is 2.86. The SMILES string of the molecule is CC(C)(C)c1csc(CC(CBr)Cc2cccc(F)c2)n1. The Bertz CT molecular complexity index is 588. The van der Waals surface area contributed by atoms with Gasteiger partial charge in [0.05, 0.1) is 10.7 Å².